The first-order valence-electron chi connectivity index (χ1n) is 11.2. The monoisotopic (exact) mass is 480 g/mol. The van der Waals surface area contributed by atoms with Gasteiger partial charge in [0.15, 0.2) is 0 Å². The van der Waals surface area contributed by atoms with Crippen LogP contribution >= 0.6 is 11.3 Å². The number of carbonyl (C=O) groups is 2. The van der Waals surface area contributed by atoms with Gasteiger partial charge < -0.3 is 10.6 Å². The standard InChI is InChI=1S/C23H28N8O2S/c1-3-27-23(33)30-20-9-17(22-29-19(13-34-22)14-4-6-25-7-5-14)18(12-28-20)15-8-16(11-26-10-15)21(32)31-24-2/h8-14,24-25H,3-7H2,1-2H3,(H,31,32)(H2,27,28,30,33). The lowest BCUT2D eigenvalue weighted by Crippen LogP contribution is -2.34. The smallest absolute Gasteiger partial charge is 0.320 e. The van der Waals surface area contributed by atoms with E-state index in [9.17, 15) is 9.59 Å². The first-order chi connectivity index (χ1) is 16.6. The third kappa shape index (κ3) is 5.56. The predicted octanol–water partition coefficient (Wildman–Crippen LogP) is 2.74. The molecule has 3 aromatic rings. The molecule has 5 N–H and O–H groups in total. The summed E-state index contributed by atoms with van der Waals surface area (Å²) in [4.78, 5) is 38.0. The van der Waals surface area contributed by atoms with Gasteiger partial charge >= 0.3 is 6.03 Å². The van der Waals surface area contributed by atoms with Crippen LogP contribution in [0, 0.1) is 0 Å². The van der Waals surface area contributed by atoms with Gasteiger partial charge in [-0.05, 0) is 45.0 Å². The van der Waals surface area contributed by atoms with Crippen LogP contribution in [0.25, 0.3) is 21.7 Å². The van der Waals surface area contributed by atoms with Gasteiger partial charge in [0.1, 0.15) is 10.8 Å². The van der Waals surface area contributed by atoms with Crippen LogP contribution in [0.4, 0.5) is 10.6 Å². The number of amides is 3. The van der Waals surface area contributed by atoms with E-state index in [-0.39, 0.29) is 11.9 Å². The van der Waals surface area contributed by atoms with E-state index in [1.54, 1.807) is 36.8 Å². The molecule has 0 saturated carbocycles. The van der Waals surface area contributed by atoms with Crippen LogP contribution in [0.3, 0.4) is 0 Å². The van der Waals surface area contributed by atoms with Gasteiger partial charge in [-0.25, -0.2) is 20.2 Å². The molecule has 4 heterocycles. The van der Waals surface area contributed by atoms with E-state index < -0.39 is 0 Å². The molecule has 11 heteroatoms. The number of anilines is 1. The summed E-state index contributed by atoms with van der Waals surface area (Å²) in [5.41, 5.74) is 9.02. The molecule has 0 aliphatic carbocycles. The molecule has 1 aliphatic heterocycles. The number of aromatic nitrogens is 3. The Morgan fingerprint density at radius 2 is 1.97 bits per heavy atom. The Morgan fingerprint density at radius 3 is 2.74 bits per heavy atom. The van der Waals surface area contributed by atoms with Crippen molar-refractivity contribution in [3.8, 4) is 21.7 Å². The van der Waals surface area contributed by atoms with Gasteiger partial charge in [-0.15, -0.1) is 11.3 Å². The normalized spacial score (nSPS) is 13.9. The van der Waals surface area contributed by atoms with E-state index in [4.69, 9.17) is 4.98 Å². The van der Waals surface area contributed by atoms with E-state index in [1.165, 1.54) is 6.20 Å². The van der Waals surface area contributed by atoms with E-state index >= 15 is 0 Å². The average molecular weight is 481 g/mol. The molecular weight excluding hydrogens is 452 g/mol. The van der Waals surface area contributed by atoms with Crippen LogP contribution in [0.2, 0.25) is 0 Å². The first kappa shape index (κ1) is 23.7. The van der Waals surface area contributed by atoms with Crippen LogP contribution in [0.15, 0.2) is 36.1 Å². The maximum absolute atomic E-state index is 12.3. The molecule has 1 aliphatic rings. The second kappa shape index (κ2) is 11.1. The van der Waals surface area contributed by atoms with Gasteiger partial charge in [-0.1, -0.05) is 0 Å². The topological polar surface area (TPSA) is 133 Å². The summed E-state index contributed by atoms with van der Waals surface area (Å²) in [6, 6.07) is 3.25. The minimum absolute atomic E-state index is 0.289. The van der Waals surface area contributed by atoms with Crippen molar-refractivity contribution >= 4 is 29.1 Å². The number of hydrogen-bond acceptors (Lipinski definition) is 8. The van der Waals surface area contributed by atoms with Crippen LogP contribution in [-0.4, -0.2) is 53.6 Å². The van der Waals surface area contributed by atoms with Gasteiger partial charge in [0.05, 0.1) is 11.3 Å². The van der Waals surface area contributed by atoms with Crippen molar-refractivity contribution in [1.29, 1.82) is 0 Å². The lowest BCUT2D eigenvalue weighted by molar-refractivity contribution is 0.0937. The summed E-state index contributed by atoms with van der Waals surface area (Å²) in [5.74, 6) is 0.559. The minimum atomic E-state index is -0.323. The summed E-state index contributed by atoms with van der Waals surface area (Å²) in [6.45, 7) is 4.34. The number of carbonyl (C=O) groups excluding carboxylic acids is 2. The van der Waals surface area contributed by atoms with E-state index in [0.29, 0.717) is 23.8 Å². The molecule has 0 unspecified atom stereocenters. The van der Waals surface area contributed by atoms with E-state index in [0.717, 1.165) is 53.3 Å². The van der Waals surface area contributed by atoms with Crippen molar-refractivity contribution in [3.05, 3.63) is 47.4 Å². The quantitative estimate of drug-likeness (QED) is 0.328. The molecule has 1 fully saturated rings. The molecule has 0 aromatic carbocycles. The van der Waals surface area contributed by atoms with Crippen molar-refractivity contribution in [2.24, 2.45) is 0 Å². The number of piperidine rings is 1. The number of thiazole rings is 1. The maximum atomic E-state index is 12.3. The summed E-state index contributed by atoms with van der Waals surface area (Å²) in [5, 5.41) is 11.8. The Hall–Kier alpha value is -3.41. The molecule has 10 nitrogen and oxygen atoms in total. The number of urea groups is 1. The number of nitrogens with zero attached hydrogens (tertiary/aromatic N) is 3. The zero-order valence-corrected chi connectivity index (χ0v) is 20.0. The molecule has 3 aromatic heterocycles. The SMILES string of the molecule is CCNC(=O)Nc1cc(-c2nc(C3CCNCC3)cs2)c(-c2cncc(C(=O)NNC)c2)cn1. The average Bonchev–Trinajstić information content (AvgIpc) is 3.35. The second-order valence-electron chi connectivity index (χ2n) is 7.87. The predicted molar refractivity (Wildman–Crippen MR) is 133 cm³/mol. The molecule has 34 heavy (non-hydrogen) atoms. The Balaban J connectivity index is 1.73. The first-order valence-corrected chi connectivity index (χ1v) is 12.1. The van der Waals surface area contributed by atoms with Crippen LogP contribution in [0.5, 0.6) is 0 Å². The zero-order chi connectivity index (χ0) is 23.9. The highest BCUT2D eigenvalue weighted by molar-refractivity contribution is 7.13. The molecular formula is C23H28N8O2S. The highest BCUT2D eigenvalue weighted by atomic mass is 32.1. The number of hydrazine groups is 1. The molecule has 0 atom stereocenters. The van der Waals surface area contributed by atoms with Crippen molar-refractivity contribution in [2.75, 3.05) is 32.0 Å². The fraction of sp³-hybridized carbons (Fsp3) is 0.348. The highest BCUT2D eigenvalue weighted by Gasteiger charge is 2.21. The largest absolute Gasteiger partial charge is 0.338 e. The summed E-state index contributed by atoms with van der Waals surface area (Å²) >= 11 is 1.56. The summed E-state index contributed by atoms with van der Waals surface area (Å²) < 4.78 is 0. The summed E-state index contributed by atoms with van der Waals surface area (Å²) in [6.07, 6.45) is 6.99. The van der Waals surface area contributed by atoms with E-state index in [2.05, 4.69) is 42.1 Å². The van der Waals surface area contributed by atoms with Gasteiger partial charge in [0.25, 0.3) is 5.91 Å². The van der Waals surface area contributed by atoms with E-state index in [1.807, 2.05) is 13.0 Å². The van der Waals surface area contributed by atoms with Crippen molar-refractivity contribution < 1.29 is 9.59 Å². The van der Waals surface area contributed by atoms with Gasteiger partial charge in [-0.3, -0.25) is 20.5 Å². The van der Waals surface area contributed by atoms with Crippen molar-refractivity contribution in [3.63, 3.8) is 0 Å². The molecule has 4 rings (SSSR count). The fourth-order valence-electron chi connectivity index (χ4n) is 3.86. The Labute approximate surface area is 202 Å². The lowest BCUT2D eigenvalue weighted by atomic mass is 9.95. The van der Waals surface area contributed by atoms with Crippen LogP contribution < -0.4 is 26.8 Å². The number of pyridine rings is 2. The molecule has 0 bridgehead atoms. The third-order valence-corrected chi connectivity index (χ3v) is 6.44. The minimum Gasteiger partial charge on any atom is -0.338 e. The summed E-state index contributed by atoms with van der Waals surface area (Å²) in [7, 11) is 1.63. The van der Waals surface area contributed by atoms with Crippen LogP contribution in [-0.2, 0) is 0 Å². The number of nitrogens with one attached hydrogen (secondary N) is 5. The lowest BCUT2D eigenvalue weighted by Gasteiger charge is -2.20. The second-order valence-corrected chi connectivity index (χ2v) is 8.73. The molecule has 1 saturated heterocycles. The van der Waals surface area contributed by atoms with Crippen molar-refractivity contribution in [1.82, 2.24) is 36.4 Å². The molecule has 3 amide bonds. The third-order valence-electron chi connectivity index (χ3n) is 5.54. The number of rotatable bonds is 7. The Morgan fingerprint density at radius 1 is 1.15 bits per heavy atom. The highest BCUT2D eigenvalue weighted by Crippen LogP contribution is 2.37. The van der Waals surface area contributed by atoms with Crippen molar-refractivity contribution in [2.45, 2.75) is 25.7 Å². The zero-order valence-electron chi connectivity index (χ0n) is 19.1. The Kier molecular flexibility index (Phi) is 7.78. The number of hydrogen-bond donors (Lipinski definition) is 5. The fourth-order valence-corrected chi connectivity index (χ4v) is 4.80. The molecule has 178 valence electrons. The van der Waals surface area contributed by atoms with Crippen LogP contribution in [0.1, 0.15) is 41.7 Å². The van der Waals surface area contributed by atoms with Gasteiger partial charge in [-0.2, -0.15) is 0 Å². The molecule has 0 radical (unpaired) electrons. The van der Waals surface area contributed by atoms with Gasteiger partial charge in [0.2, 0.25) is 0 Å². The Bertz CT molecular complexity index is 1160. The maximum Gasteiger partial charge on any atom is 0.320 e. The van der Waals surface area contributed by atoms with Gasteiger partial charge in [0, 0.05) is 60.2 Å². The molecule has 0 spiro atoms.